The van der Waals surface area contributed by atoms with Crippen LogP contribution in [0.1, 0.15) is 25.7 Å². The molecular weight excluding hydrogens is 238 g/mol. The number of nitrogens with zero attached hydrogens (tertiary/aromatic N) is 2. The molecule has 19 heavy (non-hydrogen) atoms. The van der Waals surface area contributed by atoms with Crippen molar-refractivity contribution in [3.63, 3.8) is 0 Å². The van der Waals surface area contributed by atoms with Gasteiger partial charge in [0, 0.05) is 39.3 Å². The molecule has 4 heteroatoms. The quantitative estimate of drug-likeness (QED) is 0.779. The Morgan fingerprint density at radius 3 is 2.16 bits per heavy atom. The van der Waals surface area contributed by atoms with Gasteiger partial charge in [-0.3, -0.25) is 14.6 Å². The molecule has 1 saturated carbocycles. The van der Waals surface area contributed by atoms with Gasteiger partial charge in [0.1, 0.15) is 5.54 Å². The van der Waals surface area contributed by atoms with E-state index in [1.165, 1.54) is 25.7 Å². The molecule has 5 rings (SSSR count). The summed E-state index contributed by atoms with van der Waals surface area (Å²) in [7, 11) is 1.98. The summed E-state index contributed by atoms with van der Waals surface area (Å²) in [5, 5.41) is 3.41. The first-order chi connectivity index (χ1) is 9.18. The van der Waals surface area contributed by atoms with Crippen molar-refractivity contribution in [2.24, 2.45) is 11.3 Å². The van der Waals surface area contributed by atoms with Gasteiger partial charge in [0.25, 0.3) is 0 Å². The molecule has 5 aliphatic rings. The highest BCUT2D eigenvalue weighted by Crippen LogP contribution is 2.49. The van der Waals surface area contributed by atoms with Gasteiger partial charge in [0.15, 0.2) is 5.78 Å². The normalized spacial score (nSPS) is 49.8. The summed E-state index contributed by atoms with van der Waals surface area (Å²) in [5.41, 5.74) is -0.345. The lowest BCUT2D eigenvalue weighted by Crippen LogP contribution is -2.76. The summed E-state index contributed by atoms with van der Waals surface area (Å²) in [6.45, 7) is 6.18. The predicted octanol–water partition coefficient (Wildman–Crippen LogP) is 0.335. The highest BCUT2D eigenvalue weighted by molar-refractivity contribution is 5.96. The van der Waals surface area contributed by atoms with Gasteiger partial charge in [-0.15, -0.1) is 0 Å². The zero-order chi connectivity index (χ0) is 13.1. The van der Waals surface area contributed by atoms with E-state index in [0.717, 1.165) is 39.3 Å². The third-order valence-electron chi connectivity index (χ3n) is 6.23. The monoisotopic (exact) mass is 263 g/mol. The standard InChI is InChI=1S/C15H25N3O/c1-16-15-10-17-6-7-18(11-15)9-14(8-17,13(15)19)12-4-2-3-5-12/h12,16H,2-11H2,1H3. The lowest BCUT2D eigenvalue weighted by atomic mass is 9.60. The molecular formula is C15H25N3O. The molecule has 2 atom stereocenters. The maximum atomic E-state index is 13.3. The zero-order valence-corrected chi connectivity index (χ0v) is 12.0. The molecule has 0 amide bonds. The van der Waals surface area contributed by atoms with Crippen LogP contribution >= 0.6 is 0 Å². The Morgan fingerprint density at radius 2 is 1.63 bits per heavy atom. The van der Waals surface area contributed by atoms with Crippen molar-refractivity contribution in [3.05, 3.63) is 0 Å². The molecule has 106 valence electrons. The van der Waals surface area contributed by atoms with Gasteiger partial charge in [-0.2, -0.15) is 0 Å². The van der Waals surface area contributed by atoms with Gasteiger partial charge in [-0.25, -0.2) is 0 Å². The van der Waals surface area contributed by atoms with Crippen LogP contribution in [0.5, 0.6) is 0 Å². The number of carbonyl (C=O) groups is 1. The van der Waals surface area contributed by atoms with Crippen LogP contribution in [-0.4, -0.2) is 67.4 Å². The number of carbonyl (C=O) groups excluding carboxylic acids is 1. The minimum Gasteiger partial charge on any atom is -0.306 e. The topological polar surface area (TPSA) is 35.6 Å². The highest BCUT2D eigenvalue weighted by Gasteiger charge is 2.63. The summed E-state index contributed by atoms with van der Waals surface area (Å²) < 4.78 is 0. The second kappa shape index (κ2) is 4.03. The summed E-state index contributed by atoms with van der Waals surface area (Å²) in [4.78, 5) is 18.4. The molecule has 1 N–H and O–H groups in total. The van der Waals surface area contributed by atoms with Gasteiger partial charge >= 0.3 is 0 Å². The van der Waals surface area contributed by atoms with Crippen molar-refractivity contribution in [2.75, 3.05) is 46.3 Å². The first-order valence-corrected chi connectivity index (χ1v) is 7.87. The number of Topliss-reactive ketones (excluding diaryl/α,β-unsaturated/α-hetero) is 1. The van der Waals surface area contributed by atoms with E-state index in [1.807, 2.05) is 7.05 Å². The summed E-state index contributed by atoms with van der Waals surface area (Å²) in [6, 6.07) is 0. The second-order valence-corrected chi connectivity index (χ2v) is 7.22. The first-order valence-electron chi connectivity index (χ1n) is 7.87. The molecule has 0 aromatic carbocycles. The Kier molecular flexibility index (Phi) is 2.61. The van der Waals surface area contributed by atoms with Crippen LogP contribution in [0.3, 0.4) is 0 Å². The third-order valence-corrected chi connectivity index (χ3v) is 6.23. The zero-order valence-electron chi connectivity index (χ0n) is 12.0. The molecule has 4 aliphatic heterocycles. The van der Waals surface area contributed by atoms with Crippen molar-refractivity contribution in [1.82, 2.24) is 15.1 Å². The van der Waals surface area contributed by atoms with E-state index >= 15 is 0 Å². The molecule has 2 unspecified atom stereocenters. The van der Waals surface area contributed by atoms with Gasteiger partial charge < -0.3 is 5.32 Å². The maximum Gasteiger partial charge on any atom is 0.164 e. The van der Waals surface area contributed by atoms with Crippen LogP contribution in [0.15, 0.2) is 0 Å². The average Bonchev–Trinajstić information content (AvgIpc) is 2.83. The van der Waals surface area contributed by atoms with Crippen LogP contribution in [0, 0.1) is 11.3 Å². The smallest absolute Gasteiger partial charge is 0.164 e. The molecule has 0 radical (unpaired) electrons. The van der Waals surface area contributed by atoms with Crippen molar-refractivity contribution < 1.29 is 4.79 Å². The molecule has 0 aromatic rings. The molecule has 0 aromatic heterocycles. The van der Waals surface area contributed by atoms with Gasteiger partial charge in [-0.05, 0) is 25.8 Å². The van der Waals surface area contributed by atoms with Crippen molar-refractivity contribution >= 4 is 5.78 Å². The molecule has 4 bridgehead atoms. The minimum absolute atomic E-state index is 0.0630. The summed E-state index contributed by atoms with van der Waals surface area (Å²) in [6.07, 6.45) is 5.19. The van der Waals surface area contributed by atoms with E-state index in [4.69, 9.17) is 0 Å². The Labute approximate surface area is 115 Å². The molecule has 4 heterocycles. The van der Waals surface area contributed by atoms with Crippen LogP contribution < -0.4 is 5.32 Å². The number of ketones is 1. The van der Waals surface area contributed by atoms with E-state index in [1.54, 1.807) is 0 Å². The Balaban J connectivity index is 1.79. The predicted molar refractivity (Wildman–Crippen MR) is 74.1 cm³/mol. The number of piperidine rings is 2. The van der Waals surface area contributed by atoms with Crippen molar-refractivity contribution in [1.29, 1.82) is 0 Å². The number of rotatable bonds is 2. The molecule has 5 fully saturated rings. The van der Waals surface area contributed by atoms with Crippen LogP contribution in [-0.2, 0) is 4.79 Å². The number of nitrogens with one attached hydrogen (secondary N) is 1. The fourth-order valence-electron chi connectivity index (χ4n) is 5.33. The highest BCUT2D eigenvalue weighted by atomic mass is 16.1. The second-order valence-electron chi connectivity index (χ2n) is 7.22. The van der Waals surface area contributed by atoms with Gasteiger partial charge in [0.2, 0.25) is 0 Å². The largest absolute Gasteiger partial charge is 0.306 e. The number of hydrogen-bond donors (Lipinski definition) is 1. The number of likely N-dealkylation sites (N-methyl/N-ethyl adjacent to an activating group) is 1. The van der Waals surface area contributed by atoms with E-state index in [-0.39, 0.29) is 11.0 Å². The van der Waals surface area contributed by atoms with Crippen LogP contribution in [0.4, 0.5) is 0 Å². The van der Waals surface area contributed by atoms with E-state index in [9.17, 15) is 4.79 Å². The van der Waals surface area contributed by atoms with Gasteiger partial charge in [0.05, 0.1) is 5.41 Å². The SMILES string of the molecule is CNC12CN3CCN(C1)CC(C1CCCC1)(C3)C2=O. The Bertz CT molecular complexity index is 386. The summed E-state index contributed by atoms with van der Waals surface area (Å²) in [5.74, 6) is 1.18. The molecule has 4 nitrogen and oxygen atoms in total. The van der Waals surface area contributed by atoms with Gasteiger partial charge in [-0.1, -0.05) is 12.8 Å². The number of hydrogen-bond acceptors (Lipinski definition) is 4. The fourth-order valence-corrected chi connectivity index (χ4v) is 5.33. The molecule has 4 saturated heterocycles. The fraction of sp³-hybridized carbons (Fsp3) is 0.933. The minimum atomic E-state index is -0.282. The molecule has 0 spiro atoms. The van der Waals surface area contributed by atoms with Crippen molar-refractivity contribution in [2.45, 2.75) is 31.2 Å². The average molecular weight is 263 g/mol. The third kappa shape index (κ3) is 1.54. The maximum absolute atomic E-state index is 13.3. The first kappa shape index (κ1) is 12.3. The van der Waals surface area contributed by atoms with Crippen LogP contribution in [0.25, 0.3) is 0 Å². The van der Waals surface area contributed by atoms with E-state index < -0.39 is 0 Å². The molecule has 1 aliphatic carbocycles. The van der Waals surface area contributed by atoms with Crippen LogP contribution in [0.2, 0.25) is 0 Å². The van der Waals surface area contributed by atoms with Crippen molar-refractivity contribution in [3.8, 4) is 0 Å². The Morgan fingerprint density at radius 1 is 1.05 bits per heavy atom. The number of fused-ring (bicyclic) bond motifs is 1. The van der Waals surface area contributed by atoms with E-state index in [0.29, 0.717) is 11.7 Å². The summed E-state index contributed by atoms with van der Waals surface area (Å²) >= 11 is 0. The lowest BCUT2D eigenvalue weighted by molar-refractivity contribution is -0.154. The lowest BCUT2D eigenvalue weighted by Gasteiger charge is -2.56. The Hall–Kier alpha value is -0.450. The van der Waals surface area contributed by atoms with E-state index in [2.05, 4.69) is 15.1 Å².